The monoisotopic (exact) mass is 269 g/mol. The van der Waals surface area contributed by atoms with Crippen molar-refractivity contribution in [2.24, 2.45) is 0 Å². The molecule has 1 aromatic carbocycles. The Morgan fingerprint density at radius 1 is 1.41 bits per heavy atom. The third-order valence-corrected chi connectivity index (χ3v) is 3.97. The first-order chi connectivity index (χ1) is 8.08. The van der Waals surface area contributed by atoms with Crippen molar-refractivity contribution < 1.29 is 0 Å². The summed E-state index contributed by atoms with van der Waals surface area (Å²) in [5.41, 5.74) is 2.07. The molecule has 0 aliphatic carbocycles. The van der Waals surface area contributed by atoms with E-state index in [-0.39, 0.29) is 0 Å². The molecular weight excluding hydrogens is 254 g/mol. The fraction of sp³-hybridized carbons (Fsp3) is 0.417. The Hall–Kier alpha value is -0.840. The predicted molar refractivity (Wildman–Crippen MR) is 76.4 cm³/mol. The first-order valence-electron chi connectivity index (χ1n) is 5.52. The number of thiazole rings is 1. The van der Waals surface area contributed by atoms with E-state index < -0.39 is 0 Å². The summed E-state index contributed by atoms with van der Waals surface area (Å²) >= 11 is 7.75. The van der Waals surface area contributed by atoms with E-state index in [0.29, 0.717) is 0 Å². The van der Waals surface area contributed by atoms with Crippen molar-refractivity contribution >= 4 is 38.3 Å². The summed E-state index contributed by atoms with van der Waals surface area (Å²) < 4.78 is 1.18. The molecule has 0 saturated carbocycles. The Labute approximate surface area is 110 Å². The zero-order valence-electron chi connectivity index (χ0n) is 10.2. The van der Waals surface area contributed by atoms with Gasteiger partial charge in [0, 0.05) is 18.1 Å². The third-order valence-electron chi connectivity index (χ3n) is 2.58. The number of benzene rings is 1. The van der Waals surface area contributed by atoms with Crippen LogP contribution in [0.2, 0.25) is 5.02 Å². The molecule has 0 aliphatic heterocycles. The molecule has 92 valence electrons. The van der Waals surface area contributed by atoms with Crippen LogP contribution < -0.4 is 5.32 Å². The Kier molecular flexibility index (Phi) is 3.86. The van der Waals surface area contributed by atoms with Crippen LogP contribution in [0.1, 0.15) is 5.56 Å². The molecule has 0 fully saturated rings. The SMILES string of the molecule is Cc1c(Cl)ccc2sc(NCCN(C)C)nc12. The highest BCUT2D eigenvalue weighted by Crippen LogP contribution is 2.31. The van der Waals surface area contributed by atoms with Crippen molar-refractivity contribution in [2.45, 2.75) is 6.92 Å². The summed E-state index contributed by atoms with van der Waals surface area (Å²) in [4.78, 5) is 6.72. The molecule has 1 heterocycles. The van der Waals surface area contributed by atoms with Crippen LogP contribution in [-0.2, 0) is 0 Å². The summed E-state index contributed by atoms with van der Waals surface area (Å²) in [5, 5.41) is 5.08. The topological polar surface area (TPSA) is 28.2 Å². The Morgan fingerprint density at radius 2 is 2.18 bits per heavy atom. The molecule has 2 aromatic rings. The van der Waals surface area contributed by atoms with Gasteiger partial charge in [-0.3, -0.25) is 0 Å². The minimum absolute atomic E-state index is 0.780. The number of halogens is 1. The van der Waals surface area contributed by atoms with Crippen LogP contribution >= 0.6 is 22.9 Å². The zero-order valence-corrected chi connectivity index (χ0v) is 11.8. The van der Waals surface area contributed by atoms with Gasteiger partial charge in [0.1, 0.15) is 0 Å². The zero-order chi connectivity index (χ0) is 12.4. The number of aromatic nitrogens is 1. The smallest absolute Gasteiger partial charge is 0.183 e. The Morgan fingerprint density at radius 3 is 2.88 bits per heavy atom. The molecular formula is C12H16ClN3S. The van der Waals surface area contributed by atoms with Gasteiger partial charge in [-0.1, -0.05) is 22.9 Å². The van der Waals surface area contributed by atoms with E-state index in [1.54, 1.807) is 11.3 Å². The first kappa shape index (κ1) is 12.6. The lowest BCUT2D eigenvalue weighted by Gasteiger charge is -2.08. The molecule has 0 bridgehead atoms. The second-order valence-corrected chi connectivity index (χ2v) is 5.71. The first-order valence-corrected chi connectivity index (χ1v) is 6.71. The number of likely N-dealkylation sites (N-methyl/N-ethyl adjacent to an activating group) is 1. The van der Waals surface area contributed by atoms with Crippen LogP contribution in [-0.4, -0.2) is 37.1 Å². The molecule has 0 atom stereocenters. The van der Waals surface area contributed by atoms with Gasteiger partial charge >= 0.3 is 0 Å². The summed E-state index contributed by atoms with van der Waals surface area (Å²) in [5.74, 6) is 0. The maximum atomic E-state index is 6.08. The van der Waals surface area contributed by atoms with E-state index in [2.05, 4.69) is 29.3 Å². The number of hydrogen-bond donors (Lipinski definition) is 1. The van der Waals surface area contributed by atoms with E-state index in [4.69, 9.17) is 11.6 Å². The van der Waals surface area contributed by atoms with Crippen molar-refractivity contribution in [3.05, 3.63) is 22.7 Å². The number of rotatable bonds is 4. The van der Waals surface area contributed by atoms with E-state index in [0.717, 1.165) is 34.3 Å². The lowest BCUT2D eigenvalue weighted by atomic mass is 10.2. The lowest BCUT2D eigenvalue weighted by molar-refractivity contribution is 0.425. The molecule has 5 heteroatoms. The molecule has 0 radical (unpaired) electrons. The van der Waals surface area contributed by atoms with Crippen molar-refractivity contribution in [1.82, 2.24) is 9.88 Å². The van der Waals surface area contributed by atoms with Crippen LogP contribution in [0.4, 0.5) is 5.13 Å². The van der Waals surface area contributed by atoms with Gasteiger partial charge in [-0.15, -0.1) is 0 Å². The summed E-state index contributed by atoms with van der Waals surface area (Å²) in [6, 6.07) is 3.96. The van der Waals surface area contributed by atoms with Gasteiger partial charge in [0.25, 0.3) is 0 Å². The quantitative estimate of drug-likeness (QED) is 0.924. The lowest BCUT2D eigenvalue weighted by Crippen LogP contribution is -2.20. The minimum Gasteiger partial charge on any atom is -0.360 e. The second-order valence-electron chi connectivity index (χ2n) is 4.27. The molecule has 0 spiro atoms. The van der Waals surface area contributed by atoms with Gasteiger partial charge in [0.15, 0.2) is 5.13 Å². The highest BCUT2D eigenvalue weighted by molar-refractivity contribution is 7.22. The molecule has 1 N–H and O–H groups in total. The molecule has 3 nitrogen and oxygen atoms in total. The maximum absolute atomic E-state index is 6.08. The van der Waals surface area contributed by atoms with E-state index >= 15 is 0 Å². The number of hydrogen-bond acceptors (Lipinski definition) is 4. The van der Waals surface area contributed by atoms with E-state index in [1.807, 2.05) is 19.1 Å². The van der Waals surface area contributed by atoms with Crippen LogP contribution in [0, 0.1) is 6.92 Å². The van der Waals surface area contributed by atoms with Gasteiger partial charge in [0.2, 0.25) is 0 Å². The van der Waals surface area contributed by atoms with Crippen molar-refractivity contribution in [1.29, 1.82) is 0 Å². The number of fused-ring (bicyclic) bond motifs is 1. The fourth-order valence-electron chi connectivity index (χ4n) is 1.56. The maximum Gasteiger partial charge on any atom is 0.183 e. The van der Waals surface area contributed by atoms with Gasteiger partial charge in [-0.05, 0) is 38.7 Å². The average molecular weight is 270 g/mol. The van der Waals surface area contributed by atoms with E-state index in [9.17, 15) is 0 Å². The van der Waals surface area contributed by atoms with Crippen LogP contribution in [0.5, 0.6) is 0 Å². The Bertz CT molecular complexity index is 522. The normalized spacial score (nSPS) is 11.4. The van der Waals surface area contributed by atoms with Gasteiger partial charge in [-0.2, -0.15) is 0 Å². The summed E-state index contributed by atoms with van der Waals surface area (Å²) in [6.07, 6.45) is 0. The Balaban J connectivity index is 2.17. The molecule has 0 aliphatic rings. The largest absolute Gasteiger partial charge is 0.360 e. The molecule has 2 rings (SSSR count). The van der Waals surface area contributed by atoms with Crippen LogP contribution in [0.3, 0.4) is 0 Å². The fourth-order valence-corrected chi connectivity index (χ4v) is 2.67. The number of anilines is 1. The highest BCUT2D eigenvalue weighted by atomic mass is 35.5. The van der Waals surface area contributed by atoms with Crippen LogP contribution in [0.15, 0.2) is 12.1 Å². The number of aryl methyl sites for hydroxylation is 1. The van der Waals surface area contributed by atoms with E-state index in [1.165, 1.54) is 4.70 Å². The molecule has 0 unspecified atom stereocenters. The summed E-state index contributed by atoms with van der Waals surface area (Å²) in [7, 11) is 4.12. The highest BCUT2D eigenvalue weighted by Gasteiger charge is 2.08. The summed E-state index contributed by atoms with van der Waals surface area (Å²) in [6.45, 7) is 3.91. The minimum atomic E-state index is 0.780. The second kappa shape index (κ2) is 5.21. The molecule has 17 heavy (non-hydrogen) atoms. The van der Waals surface area contributed by atoms with Gasteiger partial charge in [0.05, 0.1) is 10.2 Å². The molecule has 0 amide bonds. The third kappa shape index (κ3) is 2.89. The van der Waals surface area contributed by atoms with Crippen molar-refractivity contribution in [3.8, 4) is 0 Å². The van der Waals surface area contributed by atoms with Crippen LogP contribution in [0.25, 0.3) is 10.2 Å². The average Bonchev–Trinajstić information content (AvgIpc) is 2.67. The van der Waals surface area contributed by atoms with Crippen molar-refractivity contribution in [3.63, 3.8) is 0 Å². The number of nitrogens with zero attached hydrogens (tertiary/aromatic N) is 2. The van der Waals surface area contributed by atoms with Gasteiger partial charge < -0.3 is 10.2 Å². The number of nitrogens with one attached hydrogen (secondary N) is 1. The standard InChI is InChI=1S/C12H16ClN3S/c1-8-9(13)4-5-10-11(8)15-12(17-10)14-6-7-16(2)3/h4-5H,6-7H2,1-3H3,(H,14,15). The molecule has 0 saturated heterocycles. The molecule has 1 aromatic heterocycles. The van der Waals surface area contributed by atoms with Crippen molar-refractivity contribution in [2.75, 3.05) is 32.5 Å². The predicted octanol–water partition coefficient (Wildman–Crippen LogP) is 3.23. The van der Waals surface area contributed by atoms with Gasteiger partial charge in [-0.25, -0.2) is 4.98 Å².